The van der Waals surface area contributed by atoms with Gasteiger partial charge in [0.1, 0.15) is 6.10 Å². The SMILES string of the molecule is CC(=O)OC1CCC=C1C#N. The molecular formula is C8H9NO2. The molecule has 1 aliphatic rings. The number of nitriles is 1. The number of rotatable bonds is 1. The first kappa shape index (κ1) is 7.80. The zero-order valence-electron chi connectivity index (χ0n) is 6.33. The minimum Gasteiger partial charge on any atom is -0.457 e. The van der Waals surface area contributed by atoms with E-state index in [-0.39, 0.29) is 12.1 Å². The van der Waals surface area contributed by atoms with Crippen molar-refractivity contribution in [2.75, 3.05) is 0 Å². The molecule has 0 fully saturated rings. The molecule has 0 radical (unpaired) electrons. The second-order valence-corrected chi connectivity index (χ2v) is 2.45. The van der Waals surface area contributed by atoms with Crippen LogP contribution in [0.15, 0.2) is 11.6 Å². The molecule has 58 valence electrons. The molecule has 1 aliphatic carbocycles. The lowest BCUT2D eigenvalue weighted by Gasteiger charge is -2.09. The van der Waals surface area contributed by atoms with Gasteiger partial charge in [-0.1, -0.05) is 6.08 Å². The van der Waals surface area contributed by atoms with Gasteiger partial charge in [-0.25, -0.2) is 0 Å². The fourth-order valence-electron chi connectivity index (χ4n) is 1.12. The summed E-state index contributed by atoms with van der Waals surface area (Å²) in [5.41, 5.74) is 0.584. The van der Waals surface area contributed by atoms with Crippen molar-refractivity contribution in [3.63, 3.8) is 0 Å². The highest BCUT2D eigenvalue weighted by atomic mass is 16.5. The third-order valence-electron chi connectivity index (χ3n) is 1.58. The Kier molecular flexibility index (Phi) is 2.27. The van der Waals surface area contributed by atoms with Gasteiger partial charge >= 0.3 is 5.97 Å². The van der Waals surface area contributed by atoms with Crippen molar-refractivity contribution < 1.29 is 9.53 Å². The molecule has 0 N–H and O–H groups in total. The Morgan fingerprint density at radius 2 is 2.64 bits per heavy atom. The molecule has 0 aromatic carbocycles. The van der Waals surface area contributed by atoms with Gasteiger partial charge < -0.3 is 4.74 Å². The number of hydrogen-bond donors (Lipinski definition) is 0. The number of nitrogens with zero attached hydrogens (tertiary/aromatic N) is 1. The molecule has 0 spiro atoms. The van der Waals surface area contributed by atoms with E-state index in [2.05, 4.69) is 0 Å². The van der Waals surface area contributed by atoms with Crippen LogP contribution in [-0.4, -0.2) is 12.1 Å². The zero-order valence-corrected chi connectivity index (χ0v) is 6.33. The van der Waals surface area contributed by atoms with Crippen LogP contribution in [-0.2, 0) is 9.53 Å². The summed E-state index contributed by atoms with van der Waals surface area (Å²) in [6, 6.07) is 2.00. The zero-order chi connectivity index (χ0) is 8.27. The summed E-state index contributed by atoms with van der Waals surface area (Å²) in [5.74, 6) is -0.321. The van der Waals surface area contributed by atoms with Crippen LogP contribution >= 0.6 is 0 Å². The third kappa shape index (κ3) is 1.81. The molecule has 0 aromatic heterocycles. The highest BCUT2D eigenvalue weighted by molar-refractivity contribution is 5.66. The van der Waals surface area contributed by atoms with Crippen LogP contribution in [0.4, 0.5) is 0 Å². The van der Waals surface area contributed by atoms with Crippen molar-refractivity contribution in [1.82, 2.24) is 0 Å². The van der Waals surface area contributed by atoms with Crippen LogP contribution in [0.2, 0.25) is 0 Å². The van der Waals surface area contributed by atoms with E-state index in [4.69, 9.17) is 10.00 Å². The van der Waals surface area contributed by atoms with Crippen LogP contribution < -0.4 is 0 Å². The molecule has 1 rings (SSSR count). The van der Waals surface area contributed by atoms with E-state index in [9.17, 15) is 4.79 Å². The molecule has 0 aliphatic heterocycles. The summed E-state index contributed by atoms with van der Waals surface area (Å²) in [5, 5.41) is 8.54. The number of carbonyl (C=O) groups excluding carboxylic acids is 1. The lowest BCUT2D eigenvalue weighted by atomic mass is 10.2. The third-order valence-corrected chi connectivity index (χ3v) is 1.58. The summed E-state index contributed by atoms with van der Waals surface area (Å²) < 4.78 is 4.88. The Labute approximate surface area is 65.3 Å². The van der Waals surface area contributed by atoms with E-state index >= 15 is 0 Å². The second kappa shape index (κ2) is 3.20. The average Bonchev–Trinajstić information content (AvgIpc) is 2.34. The molecule has 0 aromatic rings. The van der Waals surface area contributed by atoms with Gasteiger partial charge in [-0.05, 0) is 12.8 Å². The summed E-state index contributed by atoms with van der Waals surface area (Å²) in [6.07, 6.45) is 3.12. The van der Waals surface area contributed by atoms with Crippen LogP contribution in [0.5, 0.6) is 0 Å². The fraction of sp³-hybridized carbons (Fsp3) is 0.500. The van der Waals surface area contributed by atoms with E-state index in [1.54, 1.807) is 0 Å². The van der Waals surface area contributed by atoms with Gasteiger partial charge in [0.05, 0.1) is 11.6 Å². The molecule has 0 saturated carbocycles. The van der Waals surface area contributed by atoms with E-state index < -0.39 is 0 Å². The van der Waals surface area contributed by atoms with Crippen molar-refractivity contribution in [2.45, 2.75) is 25.9 Å². The average molecular weight is 151 g/mol. The minimum atomic E-state index is -0.321. The van der Waals surface area contributed by atoms with Crippen LogP contribution in [0.25, 0.3) is 0 Å². The lowest BCUT2D eigenvalue weighted by molar-refractivity contribution is -0.144. The van der Waals surface area contributed by atoms with Gasteiger partial charge in [-0.3, -0.25) is 4.79 Å². The van der Waals surface area contributed by atoms with E-state index in [1.165, 1.54) is 6.92 Å². The van der Waals surface area contributed by atoms with Crippen molar-refractivity contribution in [3.05, 3.63) is 11.6 Å². The summed E-state index contributed by atoms with van der Waals surface area (Å²) in [4.78, 5) is 10.5. The first-order valence-corrected chi connectivity index (χ1v) is 3.51. The topological polar surface area (TPSA) is 50.1 Å². The van der Waals surface area contributed by atoms with Gasteiger partial charge in [0.2, 0.25) is 0 Å². The Bertz CT molecular complexity index is 237. The quantitative estimate of drug-likeness (QED) is 0.528. The summed E-state index contributed by atoms with van der Waals surface area (Å²) in [7, 11) is 0. The van der Waals surface area contributed by atoms with Gasteiger partial charge in [-0.2, -0.15) is 5.26 Å². The maximum Gasteiger partial charge on any atom is 0.303 e. The molecule has 0 bridgehead atoms. The van der Waals surface area contributed by atoms with E-state index in [0.717, 1.165) is 12.8 Å². The molecule has 1 atom stereocenters. The molecule has 11 heavy (non-hydrogen) atoms. The Hall–Kier alpha value is -1.30. The van der Waals surface area contributed by atoms with Gasteiger partial charge in [0.15, 0.2) is 0 Å². The van der Waals surface area contributed by atoms with Crippen molar-refractivity contribution in [2.24, 2.45) is 0 Å². The van der Waals surface area contributed by atoms with Gasteiger partial charge in [-0.15, -0.1) is 0 Å². The number of carbonyl (C=O) groups is 1. The molecule has 0 amide bonds. The molecule has 0 heterocycles. The molecule has 3 heteroatoms. The summed E-state index contributed by atoms with van der Waals surface area (Å²) in [6.45, 7) is 1.35. The minimum absolute atomic E-state index is 0.280. The normalized spacial score (nSPS) is 22.2. The van der Waals surface area contributed by atoms with E-state index in [0.29, 0.717) is 5.57 Å². The molecule has 0 saturated heterocycles. The maximum absolute atomic E-state index is 10.5. The van der Waals surface area contributed by atoms with Crippen molar-refractivity contribution in [1.29, 1.82) is 5.26 Å². The highest BCUT2D eigenvalue weighted by Crippen LogP contribution is 2.20. The monoisotopic (exact) mass is 151 g/mol. The predicted molar refractivity (Wildman–Crippen MR) is 38.5 cm³/mol. The first-order valence-electron chi connectivity index (χ1n) is 3.51. The van der Waals surface area contributed by atoms with Crippen LogP contribution in [0, 0.1) is 11.3 Å². The van der Waals surface area contributed by atoms with E-state index in [1.807, 2.05) is 12.1 Å². The lowest BCUT2D eigenvalue weighted by Crippen LogP contribution is -2.14. The van der Waals surface area contributed by atoms with Gasteiger partial charge in [0.25, 0.3) is 0 Å². The second-order valence-electron chi connectivity index (χ2n) is 2.45. The predicted octanol–water partition coefficient (Wildman–Crippen LogP) is 1.16. The fourth-order valence-corrected chi connectivity index (χ4v) is 1.12. The molecular weight excluding hydrogens is 142 g/mol. The maximum atomic E-state index is 10.5. The van der Waals surface area contributed by atoms with Crippen molar-refractivity contribution in [3.8, 4) is 6.07 Å². The first-order chi connectivity index (χ1) is 5.24. The number of ether oxygens (including phenoxy) is 1. The van der Waals surface area contributed by atoms with Crippen LogP contribution in [0.1, 0.15) is 19.8 Å². The molecule has 1 unspecified atom stereocenters. The van der Waals surface area contributed by atoms with Crippen LogP contribution in [0.3, 0.4) is 0 Å². The standard InChI is InChI=1S/C8H9NO2/c1-6(10)11-8-4-2-3-7(8)5-9/h3,8H,2,4H2,1H3. The molecule has 3 nitrogen and oxygen atoms in total. The smallest absolute Gasteiger partial charge is 0.303 e. The largest absolute Gasteiger partial charge is 0.457 e. The number of esters is 1. The number of allylic oxidation sites excluding steroid dienone is 1. The number of hydrogen-bond acceptors (Lipinski definition) is 3. The van der Waals surface area contributed by atoms with Crippen molar-refractivity contribution >= 4 is 5.97 Å². The Morgan fingerprint density at radius 1 is 1.91 bits per heavy atom. The van der Waals surface area contributed by atoms with Gasteiger partial charge in [0, 0.05) is 6.92 Å². The summed E-state index contributed by atoms with van der Waals surface area (Å²) >= 11 is 0. The highest BCUT2D eigenvalue weighted by Gasteiger charge is 2.21. The Morgan fingerprint density at radius 3 is 3.18 bits per heavy atom. The Balaban J connectivity index is 2.55.